The third-order valence-corrected chi connectivity index (χ3v) is 6.81. The smallest absolute Gasteiger partial charge is 0.243 e. The van der Waals surface area contributed by atoms with Gasteiger partial charge in [0.05, 0.1) is 10.9 Å². The number of sulfonamides is 1. The Kier molecular flexibility index (Phi) is 4.05. The molecule has 0 unspecified atom stereocenters. The van der Waals surface area contributed by atoms with E-state index in [0.717, 1.165) is 23.6 Å². The topological polar surface area (TPSA) is 78.5 Å². The molecule has 0 radical (unpaired) electrons. The maximum Gasteiger partial charge on any atom is 0.243 e. The highest BCUT2D eigenvalue weighted by Crippen LogP contribution is 2.32. The lowest BCUT2D eigenvalue weighted by Crippen LogP contribution is -2.49. The Morgan fingerprint density at radius 1 is 1.32 bits per heavy atom. The number of hydrogen-bond acceptors (Lipinski definition) is 5. The number of benzene rings is 1. The van der Waals surface area contributed by atoms with Crippen molar-refractivity contribution >= 4 is 10.0 Å². The number of nitrogens with zero attached hydrogens (tertiary/aromatic N) is 3. The van der Waals surface area contributed by atoms with Gasteiger partial charge in [-0.25, -0.2) is 13.4 Å². The molecule has 2 aromatic rings. The molecule has 25 heavy (non-hydrogen) atoms. The second-order valence-electron chi connectivity index (χ2n) is 6.74. The van der Waals surface area contributed by atoms with E-state index >= 15 is 0 Å². The summed E-state index contributed by atoms with van der Waals surface area (Å²) in [4.78, 5) is 9.86. The lowest BCUT2D eigenvalue weighted by atomic mass is 10.1. The van der Waals surface area contributed by atoms with Crippen LogP contribution >= 0.6 is 0 Å². The van der Waals surface area contributed by atoms with Crippen LogP contribution in [0.3, 0.4) is 0 Å². The van der Waals surface area contributed by atoms with Gasteiger partial charge in [-0.3, -0.25) is 4.90 Å². The summed E-state index contributed by atoms with van der Waals surface area (Å²) in [5.41, 5.74) is 0.963. The van der Waals surface area contributed by atoms with Crippen LogP contribution in [0.1, 0.15) is 24.4 Å². The molecule has 8 heteroatoms. The van der Waals surface area contributed by atoms with E-state index in [1.807, 2.05) is 14.0 Å². The number of ether oxygens (including phenoxy) is 1. The molecule has 1 N–H and O–H groups in total. The summed E-state index contributed by atoms with van der Waals surface area (Å²) in [6, 6.07) is 5.10. The molecule has 1 aromatic carbocycles. The number of piperazine rings is 1. The van der Waals surface area contributed by atoms with Crippen LogP contribution in [0, 0.1) is 0 Å². The van der Waals surface area contributed by atoms with Gasteiger partial charge in [0.2, 0.25) is 10.0 Å². The minimum absolute atomic E-state index is 0.0729. The molecule has 2 aliphatic rings. The lowest BCUT2D eigenvalue weighted by molar-refractivity contribution is 0.142. The van der Waals surface area contributed by atoms with E-state index in [1.54, 1.807) is 34.9 Å². The van der Waals surface area contributed by atoms with Crippen molar-refractivity contribution in [1.29, 1.82) is 0 Å². The summed E-state index contributed by atoms with van der Waals surface area (Å²) in [6.45, 7) is 3.51. The highest BCUT2D eigenvalue weighted by molar-refractivity contribution is 7.89. The van der Waals surface area contributed by atoms with Crippen LogP contribution in [-0.2, 0) is 16.4 Å². The van der Waals surface area contributed by atoms with Gasteiger partial charge in [0.1, 0.15) is 17.7 Å². The Balaban J connectivity index is 1.61. The van der Waals surface area contributed by atoms with Crippen molar-refractivity contribution in [2.24, 2.45) is 0 Å². The molecule has 0 aliphatic carbocycles. The van der Waals surface area contributed by atoms with Crippen LogP contribution in [0.25, 0.3) is 0 Å². The number of aromatic nitrogens is 2. The third-order valence-electron chi connectivity index (χ3n) is 4.95. The summed E-state index contributed by atoms with van der Waals surface area (Å²) < 4.78 is 33.5. The summed E-state index contributed by atoms with van der Waals surface area (Å²) >= 11 is 0. The molecule has 0 amide bonds. The van der Waals surface area contributed by atoms with Crippen molar-refractivity contribution < 1.29 is 13.2 Å². The quantitative estimate of drug-likeness (QED) is 0.893. The first kappa shape index (κ1) is 16.6. The summed E-state index contributed by atoms with van der Waals surface area (Å²) in [6.07, 6.45) is 4.30. The molecule has 134 valence electrons. The molecule has 1 aromatic heterocycles. The number of likely N-dealkylation sites (N-methyl/N-ethyl adjacent to an activating group) is 1. The van der Waals surface area contributed by atoms with Crippen LogP contribution in [0.15, 0.2) is 35.5 Å². The van der Waals surface area contributed by atoms with Gasteiger partial charge >= 0.3 is 0 Å². The third kappa shape index (κ3) is 2.94. The maximum absolute atomic E-state index is 13.1. The highest BCUT2D eigenvalue weighted by Gasteiger charge is 2.35. The van der Waals surface area contributed by atoms with Crippen LogP contribution in [-0.4, -0.2) is 60.4 Å². The Morgan fingerprint density at radius 2 is 2.16 bits per heavy atom. The van der Waals surface area contributed by atoms with E-state index in [1.165, 1.54) is 0 Å². The molecular formula is C17H22N4O3S. The zero-order chi connectivity index (χ0) is 17.6. The first-order chi connectivity index (χ1) is 11.9. The number of hydrogen-bond donors (Lipinski definition) is 1. The fraction of sp³-hybridized carbons (Fsp3) is 0.471. The number of H-pyrrole nitrogens is 1. The zero-order valence-electron chi connectivity index (χ0n) is 14.3. The molecule has 1 fully saturated rings. The largest absolute Gasteiger partial charge is 0.490 e. The van der Waals surface area contributed by atoms with Gasteiger partial charge in [-0.1, -0.05) is 0 Å². The molecule has 1 saturated heterocycles. The van der Waals surface area contributed by atoms with E-state index in [0.29, 0.717) is 24.5 Å². The summed E-state index contributed by atoms with van der Waals surface area (Å²) in [5.74, 6) is 1.58. The molecule has 0 spiro atoms. The second-order valence-corrected chi connectivity index (χ2v) is 8.67. The van der Waals surface area contributed by atoms with Crippen molar-refractivity contribution in [2.45, 2.75) is 30.4 Å². The van der Waals surface area contributed by atoms with Crippen molar-refractivity contribution in [3.63, 3.8) is 0 Å². The Hall–Kier alpha value is -1.90. The van der Waals surface area contributed by atoms with E-state index < -0.39 is 10.0 Å². The monoisotopic (exact) mass is 362 g/mol. The fourth-order valence-electron chi connectivity index (χ4n) is 3.53. The molecule has 0 saturated carbocycles. The first-order valence-corrected chi connectivity index (χ1v) is 9.88. The van der Waals surface area contributed by atoms with Crippen LogP contribution < -0.4 is 4.74 Å². The molecule has 2 aliphatic heterocycles. The Bertz CT molecular complexity index is 866. The van der Waals surface area contributed by atoms with Crippen molar-refractivity contribution in [3.8, 4) is 5.75 Å². The predicted octanol–water partition coefficient (Wildman–Crippen LogP) is 1.41. The minimum Gasteiger partial charge on any atom is -0.490 e. The summed E-state index contributed by atoms with van der Waals surface area (Å²) in [7, 11) is -1.55. The van der Waals surface area contributed by atoms with Crippen LogP contribution in [0.5, 0.6) is 5.75 Å². The van der Waals surface area contributed by atoms with Gasteiger partial charge in [-0.15, -0.1) is 0 Å². The van der Waals surface area contributed by atoms with Gasteiger partial charge < -0.3 is 9.72 Å². The average molecular weight is 362 g/mol. The van der Waals surface area contributed by atoms with Crippen LogP contribution in [0.4, 0.5) is 0 Å². The van der Waals surface area contributed by atoms with Gasteiger partial charge in [-0.2, -0.15) is 4.31 Å². The second kappa shape index (κ2) is 6.12. The van der Waals surface area contributed by atoms with Gasteiger partial charge in [0.15, 0.2) is 0 Å². The van der Waals surface area contributed by atoms with Crippen molar-refractivity contribution in [1.82, 2.24) is 19.2 Å². The Morgan fingerprint density at radius 3 is 2.92 bits per heavy atom. The van der Waals surface area contributed by atoms with E-state index in [-0.39, 0.29) is 12.1 Å². The van der Waals surface area contributed by atoms with Gasteiger partial charge in [-0.05, 0) is 37.7 Å². The number of nitrogens with one attached hydrogen (secondary N) is 1. The lowest BCUT2D eigenvalue weighted by Gasteiger charge is -2.37. The highest BCUT2D eigenvalue weighted by atomic mass is 32.2. The van der Waals surface area contributed by atoms with E-state index in [2.05, 4.69) is 14.9 Å². The molecular weight excluding hydrogens is 340 g/mol. The molecule has 2 atom stereocenters. The number of fused-ring (bicyclic) bond motifs is 1. The minimum atomic E-state index is -3.54. The predicted molar refractivity (Wildman–Crippen MR) is 93.0 cm³/mol. The average Bonchev–Trinajstić information content (AvgIpc) is 3.22. The standard InChI is InChI=1S/C17H22N4O3S/c1-12-9-13-10-14(3-4-16(13)24-12)25(22,23)21-8-7-20(2)15(11-21)17-18-5-6-19-17/h3-6,10,12,15H,7-9,11H2,1-2H3,(H,18,19)/t12-,15-/m0/s1. The zero-order valence-corrected chi connectivity index (χ0v) is 15.2. The van der Waals surface area contributed by atoms with E-state index in [4.69, 9.17) is 4.74 Å². The Labute approximate surface area is 147 Å². The number of imidazole rings is 1. The van der Waals surface area contributed by atoms with Gasteiger partial charge in [0, 0.05) is 38.4 Å². The molecule has 7 nitrogen and oxygen atoms in total. The first-order valence-electron chi connectivity index (χ1n) is 8.44. The SMILES string of the molecule is C[C@H]1Cc2cc(S(=O)(=O)N3CCN(C)[C@H](c4ncc[nH]4)C3)ccc2O1. The van der Waals surface area contributed by atoms with Crippen molar-refractivity contribution in [2.75, 3.05) is 26.7 Å². The normalized spacial score (nSPS) is 24.9. The van der Waals surface area contributed by atoms with Gasteiger partial charge in [0.25, 0.3) is 0 Å². The number of rotatable bonds is 3. The van der Waals surface area contributed by atoms with Crippen molar-refractivity contribution in [3.05, 3.63) is 42.0 Å². The molecule has 0 bridgehead atoms. The molecule has 3 heterocycles. The van der Waals surface area contributed by atoms with Crippen LogP contribution in [0.2, 0.25) is 0 Å². The number of aromatic amines is 1. The fourth-order valence-corrected chi connectivity index (χ4v) is 5.02. The molecule has 4 rings (SSSR count). The maximum atomic E-state index is 13.1. The summed E-state index contributed by atoms with van der Waals surface area (Å²) in [5, 5.41) is 0. The van der Waals surface area contributed by atoms with E-state index in [9.17, 15) is 8.42 Å².